The number of hydrogen-bond acceptors (Lipinski definition) is 2. The SMILES string of the molecule is CCCCCn1cc(C(=O)NC2CCCCC2)c(=O)cc1C(C)(C)C. The molecule has 25 heavy (non-hydrogen) atoms. The van der Waals surface area contributed by atoms with Crippen molar-refractivity contribution >= 4 is 5.91 Å². The lowest BCUT2D eigenvalue weighted by molar-refractivity contribution is 0.0925. The molecule has 0 spiro atoms. The van der Waals surface area contributed by atoms with E-state index in [9.17, 15) is 9.59 Å². The fourth-order valence-corrected chi connectivity index (χ4v) is 3.62. The molecule has 1 saturated carbocycles. The van der Waals surface area contributed by atoms with Crippen LogP contribution in [0.25, 0.3) is 0 Å². The highest BCUT2D eigenvalue weighted by Crippen LogP contribution is 2.22. The minimum absolute atomic E-state index is 0.121. The van der Waals surface area contributed by atoms with E-state index < -0.39 is 0 Å². The van der Waals surface area contributed by atoms with Gasteiger partial charge in [-0.15, -0.1) is 0 Å². The largest absolute Gasteiger partial charge is 0.350 e. The van der Waals surface area contributed by atoms with Crippen molar-refractivity contribution in [3.63, 3.8) is 0 Å². The maximum Gasteiger partial charge on any atom is 0.256 e. The second kappa shape index (κ2) is 8.68. The molecule has 0 aromatic carbocycles. The van der Waals surface area contributed by atoms with Crippen LogP contribution in [-0.2, 0) is 12.0 Å². The fraction of sp³-hybridized carbons (Fsp3) is 0.714. The van der Waals surface area contributed by atoms with Gasteiger partial charge in [0.25, 0.3) is 5.91 Å². The van der Waals surface area contributed by atoms with Gasteiger partial charge in [-0.3, -0.25) is 9.59 Å². The van der Waals surface area contributed by atoms with Crippen LogP contribution in [0.15, 0.2) is 17.1 Å². The highest BCUT2D eigenvalue weighted by Gasteiger charge is 2.23. The third-order valence-corrected chi connectivity index (χ3v) is 5.08. The van der Waals surface area contributed by atoms with Gasteiger partial charge < -0.3 is 9.88 Å². The smallest absolute Gasteiger partial charge is 0.256 e. The van der Waals surface area contributed by atoms with Gasteiger partial charge in [0.15, 0.2) is 5.43 Å². The average Bonchev–Trinajstić information content (AvgIpc) is 2.56. The summed E-state index contributed by atoms with van der Waals surface area (Å²) in [6.45, 7) is 9.36. The van der Waals surface area contributed by atoms with E-state index in [0.29, 0.717) is 0 Å². The molecule has 1 N–H and O–H groups in total. The zero-order chi connectivity index (χ0) is 18.4. The summed E-state index contributed by atoms with van der Waals surface area (Å²) in [6, 6.07) is 1.89. The Kier molecular flexibility index (Phi) is 6.86. The van der Waals surface area contributed by atoms with Crippen molar-refractivity contribution in [1.29, 1.82) is 0 Å². The molecule has 0 saturated heterocycles. The first-order chi connectivity index (χ1) is 11.8. The van der Waals surface area contributed by atoms with Gasteiger partial charge in [0.05, 0.1) is 0 Å². The topological polar surface area (TPSA) is 51.1 Å². The number of carbonyl (C=O) groups excluding carboxylic acids is 1. The van der Waals surface area contributed by atoms with Gasteiger partial charge in [-0.05, 0) is 19.3 Å². The van der Waals surface area contributed by atoms with Crippen molar-refractivity contribution in [3.05, 3.63) is 33.7 Å². The van der Waals surface area contributed by atoms with Crippen LogP contribution < -0.4 is 10.7 Å². The van der Waals surface area contributed by atoms with Gasteiger partial charge in [-0.2, -0.15) is 0 Å². The number of nitrogens with one attached hydrogen (secondary N) is 1. The molecule has 0 radical (unpaired) electrons. The minimum atomic E-state index is -0.207. The molecule has 1 aromatic heterocycles. The lowest BCUT2D eigenvalue weighted by Crippen LogP contribution is -2.39. The molecule has 0 aliphatic heterocycles. The van der Waals surface area contributed by atoms with E-state index in [4.69, 9.17) is 0 Å². The number of rotatable bonds is 6. The van der Waals surface area contributed by atoms with Crippen molar-refractivity contribution in [2.24, 2.45) is 0 Å². The Labute approximate surface area is 152 Å². The van der Waals surface area contributed by atoms with E-state index in [-0.39, 0.29) is 28.4 Å². The number of aromatic nitrogens is 1. The van der Waals surface area contributed by atoms with Crippen molar-refractivity contribution in [3.8, 4) is 0 Å². The van der Waals surface area contributed by atoms with Crippen molar-refractivity contribution in [2.45, 2.75) is 97.1 Å². The van der Waals surface area contributed by atoms with Crippen LogP contribution in [0, 0.1) is 0 Å². The molecule has 4 nitrogen and oxygen atoms in total. The van der Waals surface area contributed by atoms with Crippen LogP contribution in [0.1, 0.15) is 95.1 Å². The van der Waals surface area contributed by atoms with Crippen LogP contribution in [0.5, 0.6) is 0 Å². The molecule has 1 aliphatic carbocycles. The second-order valence-corrected chi connectivity index (χ2v) is 8.40. The summed E-state index contributed by atoms with van der Waals surface area (Å²) in [5.74, 6) is -0.207. The minimum Gasteiger partial charge on any atom is -0.350 e. The molecule has 4 heteroatoms. The van der Waals surface area contributed by atoms with Crippen molar-refractivity contribution in [1.82, 2.24) is 9.88 Å². The van der Waals surface area contributed by atoms with Crippen molar-refractivity contribution in [2.75, 3.05) is 0 Å². The Balaban J connectivity index is 2.26. The molecule has 1 amide bonds. The molecule has 140 valence electrons. The van der Waals surface area contributed by atoms with Gasteiger partial charge in [-0.25, -0.2) is 0 Å². The Hall–Kier alpha value is -1.58. The summed E-state index contributed by atoms with van der Waals surface area (Å²) >= 11 is 0. The highest BCUT2D eigenvalue weighted by molar-refractivity contribution is 5.94. The molecular weight excluding hydrogens is 312 g/mol. The first kappa shape index (κ1) is 19.7. The van der Waals surface area contributed by atoms with Crippen LogP contribution in [0.4, 0.5) is 0 Å². The third kappa shape index (κ3) is 5.45. The van der Waals surface area contributed by atoms with Crippen LogP contribution in [0.3, 0.4) is 0 Å². The summed E-state index contributed by atoms with van der Waals surface area (Å²) < 4.78 is 2.12. The molecule has 1 heterocycles. The van der Waals surface area contributed by atoms with Gasteiger partial charge in [0.2, 0.25) is 0 Å². The maximum absolute atomic E-state index is 12.7. The number of carbonyl (C=O) groups is 1. The lowest BCUT2D eigenvalue weighted by Gasteiger charge is -2.26. The van der Waals surface area contributed by atoms with E-state index >= 15 is 0 Å². The molecule has 0 unspecified atom stereocenters. The monoisotopic (exact) mass is 346 g/mol. The molecular formula is C21H34N2O2. The van der Waals surface area contributed by atoms with Crippen LogP contribution >= 0.6 is 0 Å². The number of hydrogen-bond donors (Lipinski definition) is 1. The van der Waals surface area contributed by atoms with E-state index in [2.05, 4.69) is 37.6 Å². The number of unbranched alkanes of at least 4 members (excludes halogenated alkanes) is 2. The Morgan fingerprint density at radius 2 is 1.88 bits per heavy atom. The molecule has 0 bridgehead atoms. The summed E-state index contributed by atoms with van der Waals surface area (Å²) in [4.78, 5) is 25.2. The van der Waals surface area contributed by atoms with Gasteiger partial charge >= 0.3 is 0 Å². The van der Waals surface area contributed by atoms with E-state index in [1.54, 1.807) is 12.3 Å². The highest BCUT2D eigenvalue weighted by atomic mass is 16.2. The normalized spacial score (nSPS) is 16.0. The summed E-state index contributed by atoms with van der Waals surface area (Å²) in [5.41, 5.74) is 1.01. The maximum atomic E-state index is 12.7. The predicted molar refractivity (Wildman–Crippen MR) is 103 cm³/mol. The zero-order valence-electron chi connectivity index (χ0n) is 16.4. The van der Waals surface area contributed by atoms with Crippen LogP contribution in [0.2, 0.25) is 0 Å². The van der Waals surface area contributed by atoms with Gasteiger partial charge in [0, 0.05) is 36.0 Å². The number of pyridine rings is 1. The van der Waals surface area contributed by atoms with Crippen LogP contribution in [-0.4, -0.2) is 16.5 Å². The first-order valence-corrected chi connectivity index (χ1v) is 9.88. The number of aryl methyl sites for hydroxylation is 1. The number of amides is 1. The van der Waals surface area contributed by atoms with Gasteiger partial charge in [0.1, 0.15) is 5.56 Å². The number of nitrogens with zero attached hydrogens (tertiary/aromatic N) is 1. The Morgan fingerprint density at radius 3 is 2.48 bits per heavy atom. The summed E-state index contributed by atoms with van der Waals surface area (Å²) in [6.07, 6.45) is 10.8. The first-order valence-electron chi connectivity index (χ1n) is 9.88. The molecule has 1 fully saturated rings. The molecule has 1 aliphatic rings. The summed E-state index contributed by atoms with van der Waals surface area (Å²) in [5, 5.41) is 3.08. The van der Waals surface area contributed by atoms with E-state index in [1.807, 2.05) is 0 Å². The van der Waals surface area contributed by atoms with E-state index in [1.165, 1.54) is 6.42 Å². The predicted octanol–water partition coefficient (Wildman–Crippen LogP) is 4.40. The van der Waals surface area contributed by atoms with Crippen molar-refractivity contribution < 1.29 is 4.79 Å². The van der Waals surface area contributed by atoms with Gasteiger partial charge in [-0.1, -0.05) is 59.8 Å². The fourth-order valence-electron chi connectivity index (χ4n) is 3.62. The molecule has 1 aromatic rings. The molecule has 0 atom stereocenters. The van der Waals surface area contributed by atoms with E-state index in [0.717, 1.165) is 57.2 Å². The quantitative estimate of drug-likeness (QED) is 0.776. The third-order valence-electron chi connectivity index (χ3n) is 5.08. The standard InChI is InChI=1S/C21H34N2O2/c1-5-6-10-13-23-15-17(18(24)14-19(23)21(2,3)4)20(25)22-16-11-8-7-9-12-16/h14-16H,5-13H2,1-4H3,(H,22,25). The zero-order valence-corrected chi connectivity index (χ0v) is 16.4. The Bertz CT molecular complexity index is 634. The second-order valence-electron chi connectivity index (χ2n) is 8.40. The molecule has 2 rings (SSSR count). The Morgan fingerprint density at radius 1 is 1.20 bits per heavy atom. The lowest BCUT2D eigenvalue weighted by atomic mass is 9.90. The average molecular weight is 347 g/mol. The summed E-state index contributed by atoms with van der Waals surface area (Å²) in [7, 11) is 0.